The molecule has 1 aliphatic heterocycles. The lowest BCUT2D eigenvalue weighted by molar-refractivity contribution is 0.175. The SMILES string of the molecule is CCNC(=NCC(CC)(CC)CCO)NCC1Cc2ccccc2O1.I. The van der Waals surface area contributed by atoms with Crippen molar-refractivity contribution in [3.8, 4) is 5.75 Å². The minimum Gasteiger partial charge on any atom is -0.488 e. The summed E-state index contributed by atoms with van der Waals surface area (Å²) in [4.78, 5) is 4.78. The maximum absolute atomic E-state index is 9.37. The Hall–Kier alpha value is -1.02. The van der Waals surface area contributed by atoms with Gasteiger partial charge in [0.1, 0.15) is 11.9 Å². The highest BCUT2D eigenvalue weighted by Crippen LogP contribution is 2.30. The Morgan fingerprint density at radius 2 is 1.96 bits per heavy atom. The van der Waals surface area contributed by atoms with Crippen LogP contribution in [0.5, 0.6) is 5.75 Å². The molecule has 1 aromatic carbocycles. The fourth-order valence-corrected chi connectivity index (χ4v) is 3.31. The van der Waals surface area contributed by atoms with E-state index in [1.165, 1.54) is 5.56 Å². The van der Waals surface area contributed by atoms with Gasteiger partial charge in [0.25, 0.3) is 0 Å². The van der Waals surface area contributed by atoms with E-state index in [0.717, 1.165) is 57.0 Å². The number of nitrogens with zero attached hydrogens (tertiary/aromatic N) is 1. The first-order chi connectivity index (χ1) is 12.2. The number of para-hydroxylation sites is 1. The van der Waals surface area contributed by atoms with Gasteiger partial charge in [0.05, 0.1) is 6.54 Å². The van der Waals surface area contributed by atoms with Gasteiger partial charge < -0.3 is 20.5 Å². The van der Waals surface area contributed by atoms with E-state index < -0.39 is 0 Å². The topological polar surface area (TPSA) is 65.9 Å². The second-order valence-electron chi connectivity index (χ2n) is 6.81. The molecule has 0 fully saturated rings. The van der Waals surface area contributed by atoms with Gasteiger partial charge >= 0.3 is 0 Å². The van der Waals surface area contributed by atoms with Gasteiger partial charge in [0.15, 0.2) is 5.96 Å². The van der Waals surface area contributed by atoms with Gasteiger partial charge in [0, 0.05) is 26.1 Å². The Labute approximate surface area is 175 Å². The first-order valence-corrected chi connectivity index (χ1v) is 9.54. The number of aliphatic hydroxyl groups excluding tert-OH is 1. The number of ether oxygens (including phenoxy) is 1. The number of hydrogen-bond acceptors (Lipinski definition) is 3. The van der Waals surface area contributed by atoms with Crippen LogP contribution < -0.4 is 15.4 Å². The standard InChI is InChI=1S/C20H33N3O2.HI/c1-4-20(5-2,11-12-24)15-23-19(21-6-3)22-14-17-13-16-9-7-8-10-18(16)25-17;/h7-10,17,24H,4-6,11-15H2,1-3H3,(H2,21,22,23);1H. The fourth-order valence-electron chi connectivity index (χ4n) is 3.31. The van der Waals surface area contributed by atoms with Crippen LogP contribution in [0.3, 0.4) is 0 Å². The number of halogens is 1. The molecule has 0 bridgehead atoms. The number of nitrogens with one attached hydrogen (secondary N) is 2. The lowest BCUT2D eigenvalue weighted by atomic mass is 9.79. The number of guanidine groups is 1. The van der Waals surface area contributed by atoms with Crippen LogP contribution in [-0.2, 0) is 6.42 Å². The molecule has 0 amide bonds. The van der Waals surface area contributed by atoms with E-state index in [-0.39, 0.29) is 42.1 Å². The van der Waals surface area contributed by atoms with Crippen molar-refractivity contribution in [3.63, 3.8) is 0 Å². The molecule has 0 radical (unpaired) electrons. The number of aliphatic imine (C=N–C) groups is 1. The van der Waals surface area contributed by atoms with E-state index in [0.29, 0.717) is 0 Å². The summed E-state index contributed by atoms with van der Waals surface area (Å²) >= 11 is 0. The Kier molecular flexibility index (Phi) is 10.3. The summed E-state index contributed by atoms with van der Waals surface area (Å²) in [6.45, 7) is 8.92. The van der Waals surface area contributed by atoms with Crippen molar-refractivity contribution in [2.45, 2.75) is 52.6 Å². The normalized spacial score (nSPS) is 16.5. The van der Waals surface area contributed by atoms with Crippen molar-refractivity contribution in [1.82, 2.24) is 10.6 Å². The number of hydrogen-bond donors (Lipinski definition) is 3. The van der Waals surface area contributed by atoms with Gasteiger partial charge in [-0.25, -0.2) is 0 Å². The third-order valence-electron chi connectivity index (χ3n) is 5.27. The molecule has 6 heteroatoms. The molecule has 5 nitrogen and oxygen atoms in total. The van der Waals surface area contributed by atoms with Crippen LogP contribution in [0.1, 0.15) is 45.6 Å². The van der Waals surface area contributed by atoms with Crippen LogP contribution >= 0.6 is 24.0 Å². The minimum absolute atomic E-state index is 0. The lowest BCUT2D eigenvalue weighted by Gasteiger charge is -2.29. The van der Waals surface area contributed by atoms with Crippen LogP contribution in [0.2, 0.25) is 0 Å². The second-order valence-corrected chi connectivity index (χ2v) is 6.81. The summed E-state index contributed by atoms with van der Waals surface area (Å²) in [7, 11) is 0. The van der Waals surface area contributed by atoms with Crippen LogP contribution in [0.4, 0.5) is 0 Å². The van der Waals surface area contributed by atoms with Crippen LogP contribution in [0, 0.1) is 5.41 Å². The average Bonchev–Trinajstić information content (AvgIpc) is 3.06. The van der Waals surface area contributed by atoms with Crippen molar-refractivity contribution in [2.24, 2.45) is 10.4 Å². The third-order valence-corrected chi connectivity index (χ3v) is 5.27. The summed E-state index contributed by atoms with van der Waals surface area (Å²) < 4.78 is 5.98. The van der Waals surface area contributed by atoms with Gasteiger partial charge in [0.2, 0.25) is 0 Å². The molecular formula is C20H34IN3O2. The van der Waals surface area contributed by atoms with Gasteiger partial charge in [-0.3, -0.25) is 4.99 Å². The number of rotatable bonds is 9. The maximum atomic E-state index is 9.37. The molecule has 1 aliphatic rings. The average molecular weight is 475 g/mol. The summed E-state index contributed by atoms with van der Waals surface area (Å²) in [5.74, 6) is 1.82. The number of fused-ring (bicyclic) bond motifs is 1. The van der Waals surface area contributed by atoms with Crippen LogP contribution in [0.25, 0.3) is 0 Å². The molecule has 1 unspecified atom stereocenters. The Bertz CT molecular complexity index is 537. The summed E-state index contributed by atoms with van der Waals surface area (Å²) in [5, 5.41) is 16.1. The summed E-state index contributed by atoms with van der Waals surface area (Å²) in [5.41, 5.74) is 1.35. The van der Waals surface area contributed by atoms with Gasteiger partial charge in [-0.1, -0.05) is 32.0 Å². The molecule has 0 saturated carbocycles. The zero-order valence-electron chi connectivity index (χ0n) is 16.3. The van der Waals surface area contributed by atoms with Crippen LogP contribution in [-0.4, -0.2) is 43.4 Å². The zero-order valence-corrected chi connectivity index (χ0v) is 18.6. The lowest BCUT2D eigenvalue weighted by Crippen LogP contribution is -2.43. The van der Waals surface area contributed by atoms with Crippen molar-refractivity contribution < 1.29 is 9.84 Å². The third kappa shape index (κ3) is 6.30. The Balaban J connectivity index is 0.00000338. The second kappa shape index (κ2) is 11.6. The molecule has 0 aliphatic carbocycles. The van der Waals surface area contributed by atoms with E-state index in [2.05, 4.69) is 43.5 Å². The van der Waals surface area contributed by atoms with Crippen molar-refractivity contribution in [3.05, 3.63) is 29.8 Å². The first-order valence-electron chi connectivity index (χ1n) is 9.54. The molecule has 0 spiro atoms. The summed E-state index contributed by atoms with van der Waals surface area (Å²) in [6, 6.07) is 8.22. The van der Waals surface area contributed by atoms with Crippen molar-refractivity contribution >= 4 is 29.9 Å². The summed E-state index contributed by atoms with van der Waals surface area (Å²) in [6.07, 6.45) is 3.91. The predicted molar refractivity (Wildman–Crippen MR) is 119 cm³/mol. The number of benzene rings is 1. The number of aliphatic hydroxyl groups is 1. The smallest absolute Gasteiger partial charge is 0.191 e. The van der Waals surface area contributed by atoms with Crippen molar-refractivity contribution in [2.75, 3.05) is 26.2 Å². The Morgan fingerprint density at radius 3 is 2.58 bits per heavy atom. The highest BCUT2D eigenvalue weighted by Gasteiger charge is 2.26. The van der Waals surface area contributed by atoms with Gasteiger partial charge in [-0.2, -0.15) is 0 Å². The van der Waals surface area contributed by atoms with E-state index in [1.54, 1.807) is 0 Å². The first kappa shape index (κ1) is 23.0. The van der Waals surface area contributed by atoms with E-state index in [4.69, 9.17) is 9.73 Å². The fraction of sp³-hybridized carbons (Fsp3) is 0.650. The van der Waals surface area contributed by atoms with E-state index in [1.807, 2.05) is 12.1 Å². The molecule has 26 heavy (non-hydrogen) atoms. The molecule has 0 saturated heterocycles. The van der Waals surface area contributed by atoms with E-state index in [9.17, 15) is 5.11 Å². The molecule has 0 aromatic heterocycles. The predicted octanol–water partition coefficient (Wildman–Crippen LogP) is 3.35. The Morgan fingerprint density at radius 1 is 1.23 bits per heavy atom. The zero-order chi connectivity index (χ0) is 18.1. The molecule has 1 aromatic rings. The van der Waals surface area contributed by atoms with Gasteiger partial charge in [-0.15, -0.1) is 24.0 Å². The molecule has 1 heterocycles. The molecule has 2 rings (SSSR count). The van der Waals surface area contributed by atoms with E-state index >= 15 is 0 Å². The van der Waals surface area contributed by atoms with Gasteiger partial charge in [-0.05, 0) is 43.2 Å². The molecule has 1 atom stereocenters. The molecular weight excluding hydrogens is 441 g/mol. The molecule has 148 valence electrons. The highest BCUT2D eigenvalue weighted by molar-refractivity contribution is 14.0. The quantitative estimate of drug-likeness (QED) is 0.291. The highest BCUT2D eigenvalue weighted by atomic mass is 127. The monoisotopic (exact) mass is 475 g/mol. The van der Waals surface area contributed by atoms with Crippen LogP contribution in [0.15, 0.2) is 29.3 Å². The molecule has 3 N–H and O–H groups in total. The minimum atomic E-state index is 0. The van der Waals surface area contributed by atoms with Crippen molar-refractivity contribution in [1.29, 1.82) is 0 Å². The largest absolute Gasteiger partial charge is 0.488 e. The maximum Gasteiger partial charge on any atom is 0.191 e.